The van der Waals surface area contributed by atoms with E-state index in [-0.39, 0.29) is 6.61 Å². The van der Waals surface area contributed by atoms with Gasteiger partial charge in [0, 0.05) is 5.75 Å². The summed E-state index contributed by atoms with van der Waals surface area (Å²) in [4.78, 5) is 10.1. The molecule has 1 atom stereocenters. The van der Waals surface area contributed by atoms with Crippen molar-refractivity contribution in [2.75, 3.05) is 12.4 Å². The smallest absolute Gasteiger partial charge is 0.322 e. The molecule has 6 nitrogen and oxygen atoms in total. The molecule has 0 spiro atoms. The Kier molecular flexibility index (Phi) is 7.16. The summed E-state index contributed by atoms with van der Waals surface area (Å²) < 4.78 is 24.7. The van der Waals surface area contributed by atoms with E-state index < -0.39 is 17.4 Å². The van der Waals surface area contributed by atoms with Gasteiger partial charge in [-0.3, -0.25) is 13.5 Å². The minimum atomic E-state index is -2.20. The van der Waals surface area contributed by atoms with Gasteiger partial charge in [0.2, 0.25) is 0 Å². The molecule has 0 fully saturated rings. The topological polar surface area (TPSA) is 102 Å². The number of carbonyl (C=O) groups excluding carboxylic acids is 1. The van der Waals surface area contributed by atoms with Crippen molar-refractivity contribution in [3.05, 3.63) is 0 Å². The molecule has 2 amide bonds. The van der Waals surface area contributed by atoms with Crippen molar-refractivity contribution in [3.63, 3.8) is 0 Å². The second kappa shape index (κ2) is 7.35. The molecule has 0 aromatic carbocycles. The molecule has 8 heteroatoms. The Balaban J connectivity index is 3.01. The van der Waals surface area contributed by atoms with Gasteiger partial charge in [0.15, 0.2) is 0 Å². The quantitative estimate of drug-likeness (QED) is 0.324. The highest BCUT2D eigenvalue weighted by Gasteiger charge is 1.95. The molecule has 1 unspecified atom stereocenters. The van der Waals surface area contributed by atoms with Gasteiger partial charge >= 0.3 is 17.4 Å². The van der Waals surface area contributed by atoms with E-state index in [4.69, 9.17) is 10.3 Å². The highest BCUT2D eigenvalue weighted by molar-refractivity contribution is 7.97. The lowest BCUT2D eigenvalue weighted by molar-refractivity contribution is 0.254. The van der Waals surface area contributed by atoms with Crippen LogP contribution in [0.25, 0.3) is 0 Å². The van der Waals surface area contributed by atoms with E-state index in [2.05, 4.69) is 8.91 Å². The Morgan fingerprint density at radius 3 is 2.92 bits per heavy atom. The first-order valence-corrected chi connectivity index (χ1v) is 5.06. The third-order valence-electron chi connectivity index (χ3n) is 0.748. The number of hydrogen-bond donors (Lipinski definition) is 3. The zero-order valence-electron chi connectivity index (χ0n) is 6.19. The summed E-state index contributed by atoms with van der Waals surface area (Å²) in [6.07, 6.45) is 0.567. The predicted octanol–water partition coefficient (Wildman–Crippen LogP) is -0.154. The monoisotopic (exact) mass is 214 g/mol. The lowest BCUT2D eigenvalue weighted by Crippen LogP contribution is -2.23. The van der Waals surface area contributed by atoms with Crippen LogP contribution in [0.4, 0.5) is 4.79 Å². The Bertz CT molecular complexity index is 147. The molecule has 4 N–H and O–H groups in total. The molecular formula is C4H10N2O4S2. The van der Waals surface area contributed by atoms with Gasteiger partial charge in [-0.1, -0.05) is 0 Å². The summed E-state index contributed by atoms with van der Waals surface area (Å²) in [5.41, 5.74) is 4.76. The van der Waals surface area contributed by atoms with Crippen LogP contribution in [0.2, 0.25) is 0 Å². The van der Waals surface area contributed by atoms with Gasteiger partial charge in [0.05, 0.1) is 6.61 Å². The molecule has 0 rings (SSSR count). The Morgan fingerprint density at radius 2 is 2.42 bits per heavy atom. The summed E-state index contributed by atoms with van der Waals surface area (Å²) in [5.74, 6) is 0.583. The largest absolute Gasteiger partial charge is 0.351 e. The van der Waals surface area contributed by atoms with Crippen LogP contribution in [0.1, 0.15) is 6.42 Å². The van der Waals surface area contributed by atoms with Crippen LogP contribution in [0.15, 0.2) is 0 Å². The molecule has 72 valence electrons. The maximum absolute atomic E-state index is 10.1. The van der Waals surface area contributed by atoms with Crippen LogP contribution in [-0.4, -0.2) is 27.2 Å². The van der Waals surface area contributed by atoms with Crippen molar-refractivity contribution in [2.24, 2.45) is 5.73 Å². The fraction of sp³-hybridized carbons (Fsp3) is 0.750. The van der Waals surface area contributed by atoms with E-state index in [0.717, 1.165) is 11.9 Å². The maximum Gasteiger partial charge on any atom is 0.322 e. The molecule has 0 saturated heterocycles. The molecule has 0 radical (unpaired) electrons. The number of nitrogens with two attached hydrogens (primary N) is 1. The van der Waals surface area contributed by atoms with Gasteiger partial charge in [-0.05, 0) is 18.4 Å². The van der Waals surface area contributed by atoms with Crippen LogP contribution in [0.3, 0.4) is 0 Å². The van der Waals surface area contributed by atoms with Gasteiger partial charge in [0.1, 0.15) is 0 Å². The van der Waals surface area contributed by atoms with Crippen LogP contribution >= 0.6 is 11.9 Å². The molecule has 0 aromatic rings. The zero-order valence-corrected chi connectivity index (χ0v) is 7.82. The molecule has 0 aliphatic heterocycles. The SMILES string of the molecule is NC(=O)NSCCCOS(=O)O. The molecule has 0 heterocycles. The minimum Gasteiger partial charge on any atom is -0.351 e. The van der Waals surface area contributed by atoms with Gasteiger partial charge in [-0.25, -0.2) is 4.79 Å². The van der Waals surface area contributed by atoms with Crippen LogP contribution in [0.5, 0.6) is 0 Å². The van der Waals surface area contributed by atoms with Gasteiger partial charge in [-0.15, -0.1) is 0 Å². The standard InChI is InChI=1S/C4H10N2O4S2/c5-4(7)6-11-3-1-2-10-12(8)9/h1-3H2,(H,8,9)(H3,5,6,7). The van der Waals surface area contributed by atoms with Gasteiger partial charge in [-0.2, -0.15) is 4.21 Å². The first-order chi connectivity index (χ1) is 5.63. The first kappa shape index (κ1) is 11.7. The summed E-state index contributed by atoms with van der Waals surface area (Å²) in [6.45, 7) is 0.177. The van der Waals surface area contributed by atoms with Gasteiger partial charge < -0.3 is 5.73 Å². The van der Waals surface area contributed by atoms with E-state index in [1.165, 1.54) is 0 Å². The van der Waals surface area contributed by atoms with Crippen LogP contribution in [-0.2, 0) is 15.5 Å². The number of carbonyl (C=O) groups is 1. The number of primary amides is 1. The lowest BCUT2D eigenvalue weighted by atomic mass is 10.5. The van der Waals surface area contributed by atoms with Gasteiger partial charge in [0.25, 0.3) is 0 Å². The van der Waals surface area contributed by atoms with E-state index in [1.807, 2.05) is 0 Å². The normalized spacial score (nSPS) is 12.4. The highest BCUT2D eigenvalue weighted by atomic mass is 32.2. The van der Waals surface area contributed by atoms with Crippen molar-refractivity contribution >= 4 is 29.3 Å². The fourth-order valence-electron chi connectivity index (χ4n) is 0.383. The van der Waals surface area contributed by atoms with Crippen molar-refractivity contribution in [1.29, 1.82) is 0 Å². The highest BCUT2D eigenvalue weighted by Crippen LogP contribution is 1.96. The van der Waals surface area contributed by atoms with Crippen molar-refractivity contribution in [1.82, 2.24) is 4.72 Å². The third-order valence-corrected chi connectivity index (χ3v) is 1.95. The molecule has 0 aliphatic rings. The van der Waals surface area contributed by atoms with E-state index in [9.17, 15) is 9.00 Å². The number of rotatable bonds is 6. The second-order valence-electron chi connectivity index (χ2n) is 1.71. The second-order valence-corrected chi connectivity index (χ2v) is 3.28. The van der Waals surface area contributed by atoms with Crippen LogP contribution in [0, 0.1) is 0 Å². The minimum absolute atomic E-state index is 0.177. The molecule has 0 bridgehead atoms. The molecular weight excluding hydrogens is 204 g/mol. The first-order valence-electron chi connectivity index (χ1n) is 3.04. The average molecular weight is 214 g/mol. The van der Waals surface area contributed by atoms with Crippen molar-refractivity contribution in [3.8, 4) is 0 Å². The summed E-state index contributed by atoms with van der Waals surface area (Å²) >= 11 is -1.07. The maximum atomic E-state index is 10.1. The van der Waals surface area contributed by atoms with Crippen molar-refractivity contribution < 1.29 is 17.7 Å². The Hall–Kier alpha value is -0.310. The summed E-state index contributed by atoms with van der Waals surface area (Å²) in [6, 6.07) is -0.605. The lowest BCUT2D eigenvalue weighted by Gasteiger charge is -1.99. The fourth-order valence-corrected chi connectivity index (χ4v) is 1.15. The summed E-state index contributed by atoms with van der Waals surface area (Å²) in [5, 5.41) is 0. The van der Waals surface area contributed by atoms with E-state index in [1.54, 1.807) is 0 Å². The third kappa shape index (κ3) is 9.69. The predicted molar refractivity (Wildman–Crippen MR) is 46.5 cm³/mol. The Labute approximate surface area is 76.8 Å². The molecule has 0 saturated carbocycles. The van der Waals surface area contributed by atoms with E-state index in [0.29, 0.717) is 12.2 Å². The zero-order chi connectivity index (χ0) is 9.40. The summed E-state index contributed by atoms with van der Waals surface area (Å²) in [7, 11) is 0. The van der Waals surface area contributed by atoms with Crippen LogP contribution < -0.4 is 10.5 Å². The van der Waals surface area contributed by atoms with Crippen molar-refractivity contribution in [2.45, 2.75) is 6.42 Å². The number of nitrogens with one attached hydrogen (secondary N) is 1. The number of hydrogen-bond acceptors (Lipinski definition) is 4. The number of urea groups is 1. The average Bonchev–Trinajstić information content (AvgIpc) is 1.95. The molecule has 0 aliphatic carbocycles. The number of amides is 2. The molecule has 12 heavy (non-hydrogen) atoms. The Morgan fingerprint density at radius 1 is 1.75 bits per heavy atom. The van der Waals surface area contributed by atoms with E-state index >= 15 is 0 Å². The molecule has 0 aromatic heterocycles.